The van der Waals surface area contributed by atoms with E-state index in [4.69, 9.17) is 4.74 Å². The molecule has 3 aliphatic rings. The molecule has 2 bridgehead atoms. The second-order valence-corrected chi connectivity index (χ2v) is 3.34. The molecule has 0 aromatic rings. The summed E-state index contributed by atoms with van der Waals surface area (Å²) < 4.78 is 6.69. The van der Waals surface area contributed by atoms with Gasteiger partial charge in [0.25, 0.3) is 0 Å². The van der Waals surface area contributed by atoms with Crippen molar-refractivity contribution in [3.63, 3.8) is 0 Å². The van der Waals surface area contributed by atoms with E-state index in [0.29, 0.717) is 6.23 Å². The highest BCUT2D eigenvalue weighted by molar-refractivity contribution is 4.79. The van der Waals surface area contributed by atoms with Crippen LogP contribution in [0.15, 0.2) is 0 Å². The van der Waals surface area contributed by atoms with E-state index in [0.717, 1.165) is 12.6 Å². The third-order valence-corrected chi connectivity index (χ3v) is 3.13. The van der Waals surface area contributed by atoms with Crippen LogP contribution in [0.4, 0.5) is 0 Å². The Hall–Kier alpha value is -0.0800. The highest BCUT2D eigenvalue weighted by Crippen LogP contribution is 2.40. The molecule has 0 aromatic heterocycles. The van der Waals surface area contributed by atoms with Crippen molar-refractivity contribution < 1.29 is 9.22 Å². The van der Waals surface area contributed by atoms with Crippen LogP contribution in [0, 0.1) is 0 Å². The van der Waals surface area contributed by atoms with E-state index in [9.17, 15) is 0 Å². The second kappa shape index (κ2) is 1.50. The molecule has 0 aromatic carbocycles. The molecule has 3 aliphatic heterocycles. The third kappa shape index (κ3) is 0.485. The van der Waals surface area contributed by atoms with Crippen LogP contribution in [0.25, 0.3) is 0 Å². The average molecular weight is 128 g/mol. The summed E-state index contributed by atoms with van der Waals surface area (Å²) in [5, 5.41) is 0. The molecule has 3 fully saturated rings. The molecule has 2 heteroatoms. The summed E-state index contributed by atoms with van der Waals surface area (Å²) >= 11 is 0. The lowest BCUT2D eigenvalue weighted by atomic mass is 10.0. The van der Waals surface area contributed by atoms with Crippen LogP contribution in [0.5, 0.6) is 0 Å². The molecule has 3 saturated heterocycles. The van der Waals surface area contributed by atoms with Crippen LogP contribution in [0.2, 0.25) is 0 Å². The van der Waals surface area contributed by atoms with E-state index >= 15 is 0 Å². The van der Waals surface area contributed by atoms with E-state index < -0.39 is 0 Å². The zero-order valence-corrected chi connectivity index (χ0v) is 6.13. The van der Waals surface area contributed by atoms with E-state index in [2.05, 4.69) is 14.0 Å². The van der Waals surface area contributed by atoms with Gasteiger partial charge in [-0.2, -0.15) is 0 Å². The van der Waals surface area contributed by atoms with Gasteiger partial charge < -0.3 is 4.74 Å². The Morgan fingerprint density at radius 1 is 1.67 bits per heavy atom. The van der Waals surface area contributed by atoms with Crippen molar-refractivity contribution in [3.8, 4) is 0 Å². The lowest BCUT2D eigenvalue weighted by molar-refractivity contribution is -0.992. The van der Waals surface area contributed by atoms with Crippen molar-refractivity contribution in [1.29, 1.82) is 0 Å². The number of quaternary nitrogens is 1. The Morgan fingerprint density at radius 2 is 2.44 bits per heavy atom. The number of hydrogen-bond acceptors (Lipinski definition) is 1. The number of nitrogens with zero attached hydrogens (tertiary/aromatic N) is 1. The summed E-state index contributed by atoms with van der Waals surface area (Å²) in [6, 6.07) is 0.833. The molecule has 0 N–H and O–H groups in total. The molecule has 3 unspecified atom stereocenters. The quantitative estimate of drug-likeness (QED) is 0.469. The van der Waals surface area contributed by atoms with Gasteiger partial charge in [0.15, 0.2) is 6.23 Å². The molecule has 3 heterocycles. The van der Waals surface area contributed by atoms with Gasteiger partial charge in [0, 0.05) is 0 Å². The van der Waals surface area contributed by atoms with Crippen molar-refractivity contribution in [2.45, 2.75) is 25.6 Å². The summed E-state index contributed by atoms with van der Waals surface area (Å²) in [5.74, 6) is 0. The summed E-state index contributed by atoms with van der Waals surface area (Å²) in [5.41, 5.74) is 0. The van der Waals surface area contributed by atoms with E-state index in [1.807, 2.05) is 0 Å². The van der Waals surface area contributed by atoms with E-state index in [1.54, 1.807) is 0 Å². The molecule has 2 nitrogen and oxygen atoms in total. The number of rotatable bonds is 1. The van der Waals surface area contributed by atoms with E-state index in [1.165, 1.54) is 17.4 Å². The highest BCUT2D eigenvalue weighted by Gasteiger charge is 2.57. The van der Waals surface area contributed by atoms with Gasteiger partial charge in [-0.05, 0) is 6.92 Å². The van der Waals surface area contributed by atoms with Crippen LogP contribution in [-0.4, -0.2) is 37.0 Å². The number of ether oxygens (including phenoxy) is 1. The monoisotopic (exact) mass is 128 g/mol. The Labute approximate surface area is 56.0 Å². The van der Waals surface area contributed by atoms with E-state index in [-0.39, 0.29) is 0 Å². The molecule has 0 amide bonds. The SMILES string of the molecule is CC[N+]1(C)C2COC1C2. The van der Waals surface area contributed by atoms with Crippen LogP contribution < -0.4 is 0 Å². The van der Waals surface area contributed by atoms with Crippen LogP contribution >= 0.6 is 0 Å². The molecule has 0 saturated carbocycles. The fourth-order valence-electron chi connectivity index (χ4n) is 1.97. The fraction of sp³-hybridized carbons (Fsp3) is 1.00. The summed E-state index contributed by atoms with van der Waals surface area (Å²) in [6.07, 6.45) is 1.87. The maximum absolute atomic E-state index is 5.51. The molecule has 0 radical (unpaired) electrons. The lowest BCUT2D eigenvalue weighted by Gasteiger charge is -2.46. The zero-order valence-electron chi connectivity index (χ0n) is 6.13. The van der Waals surface area contributed by atoms with Crippen LogP contribution in [0.3, 0.4) is 0 Å². The summed E-state index contributed by atoms with van der Waals surface area (Å²) in [6.45, 7) is 4.48. The smallest absolute Gasteiger partial charge is 0.199 e. The minimum Gasteiger partial charge on any atom is -0.323 e. The molecule has 3 atom stereocenters. The van der Waals surface area contributed by atoms with Crippen LogP contribution in [-0.2, 0) is 4.74 Å². The molecule has 52 valence electrons. The average Bonchev–Trinajstić information content (AvgIpc) is 2.42. The van der Waals surface area contributed by atoms with Gasteiger partial charge in [-0.3, -0.25) is 4.48 Å². The zero-order chi connectivity index (χ0) is 6.48. The van der Waals surface area contributed by atoms with Crippen molar-refractivity contribution in [2.75, 3.05) is 20.2 Å². The molecular weight excluding hydrogens is 114 g/mol. The summed E-state index contributed by atoms with van der Waals surface area (Å²) in [4.78, 5) is 0. The first kappa shape index (κ1) is 5.69. The van der Waals surface area contributed by atoms with Crippen molar-refractivity contribution >= 4 is 0 Å². The predicted octanol–water partition coefficient (Wildman–Crippen LogP) is 0.581. The minimum atomic E-state index is 0.556. The molecule has 0 aliphatic carbocycles. The lowest BCUT2D eigenvalue weighted by Crippen LogP contribution is -2.63. The van der Waals surface area contributed by atoms with Crippen LogP contribution in [0.1, 0.15) is 13.3 Å². The molecule has 9 heavy (non-hydrogen) atoms. The Kier molecular flexibility index (Phi) is 0.945. The van der Waals surface area contributed by atoms with Gasteiger partial charge in [-0.15, -0.1) is 0 Å². The van der Waals surface area contributed by atoms with Gasteiger partial charge in [-0.25, -0.2) is 0 Å². The van der Waals surface area contributed by atoms with Gasteiger partial charge in [0.2, 0.25) is 0 Å². The first-order valence-corrected chi connectivity index (χ1v) is 3.74. The number of hydrogen-bond donors (Lipinski definition) is 0. The maximum Gasteiger partial charge on any atom is 0.199 e. The number of likely N-dealkylation sites (N-methyl/N-ethyl adjacent to an activating group) is 1. The van der Waals surface area contributed by atoms with Gasteiger partial charge in [0.05, 0.1) is 20.0 Å². The maximum atomic E-state index is 5.51. The second-order valence-electron chi connectivity index (χ2n) is 3.34. The standard InChI is InChI=1S/C7H14NO/c1-3-8(2)6-4-7(8)9-5-6/h6-7H,3-5H2,1-2H3/q+1. The normalized spacial score (nSPS) is 55.3. The predicted molar refractivity (Wildman–Crippen MR) is 34.9 cm³/mol. The first-order chi connectivity index (χ1) is 4.27. The molecular formula is C7H14NO+. The summed E-state index contributed by atoms with van der Waals surface area (Å²) in [7, 11) is 2.30. The third-order valence-electron chi connectivity index (χ3n) is 3.13. The van der Waals surface area contributed by atoms with Gasteiger partial charge in [-0.1, -0.05) is 0 Å². The number of fused-ring (bicyclic) bond motifs is 1. The molecule has 0 spiro atoms. The molecule has 3 rings (SSSR count). The van der Waals surface area contributed by atoms with Crippen molar-refractivity contribution in [3.05, 3.63) is 0 Å². The van der Waals surface area contributed by atoms with Gasteiger partial charge >= 0.3 is 0 Å². The highest BCUT2D eigenvalue weighted by atomic mass is 16.5. The topological polar surface area (TPSA) is 9.23 Å². The Balaban J connectivity index is 2.16. The first-order valence-electron chi connectivity index (χ1n) is 3.74. The fourth-order valence-corrected chi connectivity index (χ4v) is 1.97. The van der Waals surface area contributed by atoms with Gasteiger partial charge in [0.1, 0.15) is 12.6 Å². The minimum absolute atomic E-state index is 0.556. The Morgan fingerprint density at radius 3 is 2.67 bits per heavy atom. The Bertz CT molecular complexity index is 121. The largest absolute Gasteiger partial charge is 0.323 e. The van der Waals surface area contributed by atoms with Crippen molar-refractivity contribution in [2.24, 2.45) is 0 Å². The van der Waals surface area contributed by atoms with Crippen molar-refractivity contribution in [1.82, 2.24) is 0 Å².